The molecule has 2 rings (SSSR count). The zero-order chi connectivity index (χ0) is 26.7. The summed E-state index contributed by atoms with van der Waals surface area (Å²) in [6, 6.07) is 6.01. The van der Waals surface area contributed by atoms with Gasteiger partial charge in [0, 0.05) is 4.47 Å². The molecule has 1 amide bonds. The highest BCUT2D eigenvalue weighted by Gasteiger charge is 2.39. The summed E-state index contributed by atoms with van der Waals surface area (Å²) in [7, 11) is 0. The van der Waals surface area contributed by atoms with E-state index < -0.39 is 35.9 Å². The maximum absolute atomic E-state index is 13.7. The Morgan fingerprint density at radius 2 is 1.69 bits per heavy atom. The molecule has 2 aromatic carbocycles. The molecule has 35 heavy (non-hydrogen) atoms. The molecule has 0 heterocycles. The van der Waals surface area contributed by atoms with Gasteiger partial charge in [0.1, 0.15) is 0 Å². The number of alkyl halides is 3. The number of rotatable bonds is 7. The van der Waals surface area contributed by atoms with Crippen LogP contribution < -0.4 is 5.32 Å². The third-order valence-electron chi connectivity index (χ3n) is 4.70. The Morgan fingerprint density at radius 3 is 2.17 bits per heavy atom. The average Bonchev–Trinajstić information content (AvgIpc) is 2.69. The lowest BCUT2D eigenvalue weighted by Crippen LogP contribution is -2.45. The van der Waals surface area contributed by atoms with Gasteiger partial charge in [-0.1, -0.05) is 53.0 Å². The van der Waals surface area contributed by atoms with E-state index in [4.69, 9.17) is 39.5 Å². The lowest BCUT2D eigenvalue weighted by atomic mass is 9.97. The molecule has 0 aliphatic rings. The molecule has 2 N–H and O–H groups in total. The fraction of sp³-hybridized carbons (Fsp3) is 0.375. The van der Waals surface area contributed by atoms with E-state index in [0.29, 0.717) is 10.0 Å². The minimum atomic E-state index is -4.61. The van der Waals surface area contributed by atoms with Crippen LogP contribution in [0.15, 0.2) is 40.9 Å². The van der Waals surface area contributed by atoms with Gasteiger partial charge in [0.25, 0.3) is 5.91 Å². The predicted molar refractivity (Wildman–Crippen MR) is 137 cm³/mol. The molecule has 0 saturated carbocycles. The lowest BCUT2D eigenvalue weighted by Gasteiger charge is -2.28. The number of aliphatic hydroxyl groups is 1. The van der Waals surface area contributed by atoms with Crippen molar-refractivity contribution in [3.63, 3.8) is 0 Å². The molecule has 4 nitrogen and oxygen atoms in total. The van der Waals surface area contributed by atoms with Crippen molar-refractivity contribution in [2.24, 2.45) is 0 Å². The molecule has 192 valence electrons. The van der Waals surface area contributed by atoms with Gasteiger partial charge >= 0.3 is 6.18 Å². The number of nitrogens with one attached hydrogen (secondary N) is 1. The second-order valence-electron chi connectivity index (χ2n) is 8.80. The lowest BCUT2D eigenvalue weighted by molar-refractivity contribution is -0.176. The van der Waals surface area contributed by atoms with Gasteiger partial charge in [-0.25, -0.2) is 0 Å². The monoisotopic (exact) mass is 615 g/mol. The molecular weight excluding hydrogens is 594 g/mol. The number of ether oxygens (including phenoxy) is 1. The van der Waals surface area contributed by atoms with Crippen molar-refractivity contribution in [3.05, 3.63) is 72.6 Å². The maximum atomic E-state index is 13.7. The van der Waals surface area contributed by atoms with Crippen LogP contribution in [-0.2, 0) is 4.74 Å². The minimum Gasteiger partial charge on any atom is -0.366 e. The first-order valence-electron chi connectivity index (χ1n) is 10.3. The molecule has 11 heteroatoms. The van der Waals surface area contributed by atoms with E-state index in [9.17, 15) is 23.1 Å². The van der Waals surface area contributed by atoms with Crippen LogP contribution in [0, 0.1) is 0 Å². The first-order valence-corrected chi connectivity index (χ1v) is 12.3. The highest BCUT2D eigenvalue weighted by molar-refractivity contribution is 9.10. The number of benzene rings is 2. The zero-order valence-electron chi connectivity index (χ0n) is 19.2. The topological polar surface area (TPSA) is 58.6 Å². The van der Waals surface area contributed by atoms with E-state index >= 15 is 0 Å². The minimum absolute atomic E-state index is 0.0217. The Balaban J connectivity index is 2.23. The molecule has 3 unspecified atom stereocenters. The van der Waals surface area contributed by atoms with E-state index in [2.05, 4.69) is 21.2 Å². The molecule has 0 aliphatic carbocycles. The van der Waals surface area contributed by atoms with Gasteiger partial charge in [0.2, 0.25) is 0 Å². The van der Waals surface area contributed by atoms with Crippen molar-refractivity contribution in [1.82, 2.24) is 5.32 Å². The fourth-order valence-electron chi connectivity index (χ4n) is 3.01. The fourth-order valence-corrected chi connectivity index (χ4v) is 4.20. The summed E-state index contributed by atoms with van der Waals surface area (Å²) >= 11 is 21.0. The van der Waals surface area contributed by atoms with Gasteiger partial charge in [0.05, 0.1) is 38.2 Å². The number of carbonyl (C=O) groups is 1. The highest BCUT2D eigenvalue weighted by atomic mass is 79.9. The third-order valence-corrected chi connectivity index (χ3v) is 6.55. The SMILES string of the molecule is CC(NC(=O)c1ccc(/C=C/C(c2cc(Cl)c(Cl)c(Cl)c2)C(F)(F)F)cc1Br)C(O)OC(C)(C)C. The maximum Gasteiger partial charge on any atom is 0.399 e. The van der Waals surface area contributed by atoms with Crippen molar-refractivity contribution in [2.45, 2.75) is 57.7 Å². The zero-order valence-corrected chi connectivity index (χ0v) is 23.0. The van der Waals surface area contributed by atoms with Crippen LogP contribution in [0.5, 0.6) is 0 Å². The van der Waals surface area contributed by atoms with Gasteiger partial charge in [-0.2, -0.15) is 13.2 Å². The van der Waals surface area contributed by atoms with E-state index in [0.717, 1.165) is 18.2 Å². The van der Waals surface area contributed by atoms with Crippen molar-refractivity contribution in [1.29, 1.82) is 0 Å². The summed E-state index contributed by atoms with van der Waals surface area (Å²) < 4.78 is 47.0. The summed E-state index contributed by atoms with van der Waals surface area (Å²) in [6.07, 6.45) is -3.58. The van der Waals surface area contributed by atoms with Crippen LogP contribution >= 0.6 is 50.7 Å². The Kier molecular flexibility index (Phi) is 10.1. The second-order valence-corrected chi connectivity index (χ2v) is 10.8. The van der Waals surface area contributed by atoms with Crippen LogP contribution in [0.3, 0.4) is 0 Å². The van der Waals surface area contributed by atoms with Crippen LogP contribution in [0.4, 0.5) is 13.2 Å². The Bertz CT molecular complexity index is 1080. The van der Waals surface area contributed by atoms with E-state index in [1.807, 2.05) is 0 Å². The molecule has 2 aromatic rings. The summed E-state index contributed by atoms with van der Waals surface area (Å²) in [6.45, 7) is 6.90. The number of amides is 1. The molecule has 0 spiro atoms. The van der Waals surface area contributed by atoms with Crippen LogP contribution in [-0.4, -0.2) is 35.1 Å². The molecule has 3 atom stereocenters. The van der Waals surface area contributed by atoms with Gasteiger partial charge in [-0.15, -0.1) is 0 Å². The van der Waals surface area contributed by atoms with Gasteiger partial charge in [-0.05, 0) is 79.0 Å². The number of halogens is 7. The van der Waals surface area contributed by atoms with Gasteiger partial charge in [0.15, 0.2) is 6.29 Å². The molecule has 0 aliphatic heterocycles. The van der Waals surface area contributed by atoms with Crippen LogP contribution in [0.1, 0.15) is 55.1 Å². The summed E-state index contributed by atoms with van der Waals surface area (Å²) in [4.78, 5) is 12.6. The molecular formula is C24H24BrCl3F3NO3. The molecule has 0 bridgehead atoms. The van der Waals surface area contributed by atoms with Crippen molar-refractivity contribution >= 4 is 62.7 Å². The molecule has 0 aromatic heterocycles. The molecule has 0 radical (unpaired) electrons. The summed E-state index contributed by atoms with van der Waals surface area (Å²) in [5.41, 5.74) is -0.115. The first-order chi connectivity index (χ1) is 16.0. The number of carbonyl (C=O) groups excluding carboxylic acids is 1. The van der Waals surface area contributed by atoms with Crippen molar-refractivity contribution in [2.75, 3.05) is 0 Å². The number of hydrogen-bond acceptors (Lipinski definition) is 3. The second kappa shape index (κ2) is 11.8. The molecule has 0 saturated heterocycles. The Morgan fingerprint density at radius 1 is 1.11 bits per heavy atom. The smallest absolute Gasteiger partial charge is 0.366 e. The summed E-state index contributed by atoms with van der Waals surface area (Å²) in [5.74, 6) is -2.48. The average molecular weight is 618 g/mol. The van der Waals surface area contributed by atoms with Crippen LogP contribution in [0.2, 0.25) is 15.1 Å². The Hall–Kier alpha value is -1.29. The normalized spacial score (nSPS) is 15.2. The van der Waals surface area contributed by atoms with E-state index in [1.54, 1.807) is 27.7 Å². The summed E-state index contributed by atoms with van der Waals surface area (Å²) in [5, 5.41) is 12.6. The highest BCUT2D eigenvalue weighted by Crippen LogP contribution is 2.41. The standard InChI is InChI=1S/C24H24BrCl3F3NO3/c1-12(22(34)35-23(2,3)4)32-21(33)15-7-5-13(9-17(15)25)6-8-16(24(29,30)31)14-10-18(26)20(28)19(27)11-14/h5-12,16,22,34H,1-4H3,(H,32,33)/b8-6+. The number of allylic oxidation sites excluding steroid dienone is 1. The van der Waals surface area contributed by atoms with E-state index in [1.165, 1.54) is 24.3 Å². The number of aliphatic hydroxyl groups excluding tert-OH is 1. The molecule has 0 fully saturated rings. The van der Waals surface area contributed by atoms with E-state index in [-0.39, 0.29) is 26.2 Å². The van der Waals surface area contributed by atoms with Crippen LogP contribution in [0.25, 0.3) is 6.08 Å². The first kappa shape index (κ1) is 29.9. The van der Waals surface area contributed by atoms with Crippen molar-refractivity contribution in [3.8, 4) is 0 Å². The largest absolute Gasteiger partial charge is 0.399 e. The Labute approximate surface area is 225 Å². The van der Waals surface area contributed by atoms with Gasteiger partial charge in [-0.3, -0.25) is 4.79 Å². The predicted octanol–water partition coefficient (Wildman–Crippen LogP) is 8.02. The third kappa shape index (κ3) is 8.65. The van der Waals surface area contributed by atoms with Crippen molar-refractivity contribution < 1.29 is 27.8 Å². The number of hydrogen-bond donors (Lipinski definition) is 2. The van der Waals surface area contributed by atoms with Gasteiger partial charge < -0.3 is 15.2 Å². The quantitative estimate of drug-likeness (QED) is 0.244.